The van der Waals surface area contributed by atoms with Crippen LogP contribution in [0.1, 0.15) is 35.5 Å². The molecule has 0 fully saturated rings. The summed E-state index contributed by atoms with van der Waals surface area (Å²) in [6.45, 7) is 6.68. The lowest BCUT2D eigenvalue weighted by Crippen LogP contribution is -2.18. The fourth-order valence-electron chi connectivity index (χ4n) is 1.45. The van der Waals surface area contributed by atoms with Crippen molar-refractivity contribution in [2.45, 2.75) is 27.3 Å². The number of carbonyl (C=O) groups is 1. The Bertz CT molecular complexity index is 347. The summed E-state index contributed by atoms with van der Waals surface area (Å²) in [5.41, 5.74) is 2.77. The summed E-state index contributed by atoms with van der Waals surface area (Å²) in [7, 11) is 1.79. The SMILES string of the molecule is CC.Cc1cnc2c(c1)CN(C)C2=O. The molecule has 2 heterocycles. The maximum atomic E-state index is 11.4. The van der Waals surface area contributed by atoms with E-state index < -0.39 is 0 Å². The first-order valence-electron chi connectivity index (χ1n) is 4.89. The maximum absolute atomic E-state index is 11.4. The lowest BCUT2D eigenvalue weighted by atomic mass is 10.2. The topological polar surface area (TPSA) is 33.2 Å². The molecule has 0 spiro atoms. The molecule has 1 aliphatic rings. The molecule has 0 bridgehead atoms. The quantitative estimate of drug-likeness (QED) is 0.630. The molecule has 0 radical (unpaired) electrons. The highest BCUT2D eigenvalue weighted by molar-refractivity contribution is 5.96. The summed E-state index contributed by atoms with van der Waals surface area (Å²) in [6, 6.07) is 2.02. The van der Waals surface area contributed by atoms with Crippen LogP contribution in [0.15, 0.2) is 12.3 Å². The molecule has 3 nitrogen and oxygen atoms in total. The largest absolute Gasteiger partial charge is 0.336 e. The predicted octanol–water partition coefficient (Wildman–Crippen LogP) is 2.00. The number of hydrogen-bond acceptors (Lipinski definition) is 2. The van der Waals surface area contributed by atoms with Crippen LogP contribution in [-0.2, 0) is 6.54 Å². The normalized spacial score (nSPS) is 13.4. The van der Waals surface area contributed by atoms with Crippen molar-refractivity contribution in [1.82, 2.24) is 9.88 Å². The summed E-state index contributed by atoms with van der Waals surface area (Å²) in [5, 5.41) is 0. The standard InChI is InChI=1S/C9H10N2O.C2H6/c1-6-3-7-5-11(2)9(12)8(7)10-4-6;1-2/h3-4H,5H2,1-2H3;1-2H3. The molecular weight excluding hydrogens is 176 g/mol. The van der Waals surface area contributed by atoms with Gasteiger partial charge in [0.05, 0.1) is 0 Å². The minimum absolute atomic E-state index is 0.0324. The third kappa shape index (κ3) is 1.76. The van der Waals surface area contributed by atoms with Crippen LogP contribution in [0.5, 0.6) is 0 Å². The molecule has 14 heavy (non-hydrogen) atoms. The molecular formula is C11H16N2O. The smallest absolute Gasteiger partial charge is 0.272 e. The van der Waals surface area contributed by atoms with Gasteiger partial charge >= 0.3 is 0 Å². The van der Waals surface area contributed by atoms with Gasteiger partial charge in [-0.3, -0.25) is 9.78 Å². The highest BCUT2D eigenvalue weighted by Gasteiger charge is 2.25. The van der Waals surface area contributed by atoms with E-state index in [0.29, 0.717) is 12.2 Å². The fraction of sp³-hybridized carbons (Fsp3) is 0.455. The number of aryl methyl sites for hydroxylation is 1. The van der Waals surface area contributed by atoms with Gasteiger partial charge in [-0.05, 0) is 12.5 Å². The van der Waals surface area contributed by atoms with E-state index in [2.05, 4.69) is 4.98 Å². The third-order valence-corrected chi connectivity index (χ3v) is 2.06. The number of rotatable bonds is 0. The van der Waals surface area contributed by atoms with Gasteiger partial charge in [-0.2, -0.15) is 0 Å². The first-order valence-corrected chi connectivity index (χ1v) is 4.89. The second-order valence-corrected chi connectivity index (χ2v) is 3.18. The number of carbonyl (C=O) groups excluding carboxylic acids is 1. The van der Waals surface area contributed by atoms with Gasteiger partial charge in [0, 0.05) is 25.4 Å². The van der Waals surface area contributed by atoms with Crippen LogP contribution in [-0.4, -0.2) is 22.8 Å². The fourth-order valence-corrected chi connectivity index (χ4v) is 1.45. The van der Waals surface area contributed by atoms with Crippen LogP contribution in [0.3, 0.4) is 0 Å². The van der Waals surface area contributed by atoms with Crippen LogP contribution in [0, 0.1) is 6.92 Å². The molecule has 0 atom stereocenters. The lowest BCUT2D eigenvalue weighted by Gasteiger charge is -2.03. The van der Waals surface area contributed by atoms with Crippen molar-refractivity contribution in [3.8, 4) is 0 Å². The Hall–Kier alpha value is -1.38. The highest BCUT2D eigenvalue weighted by atomic mass is 16.2. The number of fused-ring (bicyclic) bond motifs is 1. The van der Waals surface area contributed by atoms with Gasteiger partial charge in [0.2, 0.25) is 0 Å². The minimum Gasteiger partial charge on any atom is -0.336 e. The Labute approximate surface area is 84.8 Å². The van der Waals surface area contributed by atoms with Crippen molar-refractivity contribution in [3.63, 3.8) is 0 Å². The van der Waals surface area contributed by atoms with Crippen LogP contribution in [0.25, 0.3) is 0 Å². The van der Waals surface area contributed by atoms with Crippen LogP contribution in [0.4, 0.5) is 0 Å². The van der Waals surface area contributed by atoms with Crippen molar-refractivity contribution in [2.75, 3.05) is 7.05 Å². The molecule has 1 amide bonds. The number of nitrogens with zero attached hydrogens (tertiary/aromatic N) is 2. The molecule has 0 aromatic carbocycles. The van der Waals surface area contributed by atoms with Gasteiger partial charge in [-0.1, -0.05) is 19.9 Å². The number of hydrogen-bond donors (Lipinski definition) is 0. The Morgan fingerprint density at radius 3 is 2.71 bits per heavy atom. The highest BCUT2D eigenvalue weighted by Crippen LogP contribution is 2.19. The minimum atomic E-state index is 0.0324. The number of pyridine rings is 1. The van der Waals surface area contributed by atoms with E-state index in [-0.39, 0.29) is 5.91 Å². The summed E-state index contributed by atoms with van der Waals surface area (Å²) in [4.78, 5) is 17.1. The predicted molar refractivity (Wildman–Crippen MR) is 56.1 cm³/mol. The molecule has 1 aromatic heterocycles. The zero-order valence-electron chi connectivity index (χ0n) is 9.16. The third-order valence-electron chi connectivity index (χ3n) is 2.06. The second kappa shape index (κ2) is 4.22. The average molecular weight is 192 g/mol. The Morgan fingerprint density at radius 1 is 1.43 bits per heavy atom. The number of aromatic nitrogens is 1. The summed E-state index contributed by atoms with van der Waals surface area (Å²) in [5.74, 6) is 0.0324. The average Bonchev–Trinajstić information content (AvgIpc) is 2.45. The Kier molecular flexibility index (Phi) is 3.23. The van der Waals surface area contributed by atoms with Gasteiger partial charge in [-0.25, -0.2) is 0 Å². The van der Waals surface area contributed by atoms with Gasteiger partial charge < -0.3 is 4.90 Å². The molecule has 0 unspecified atom stereocenters. The van der Waals surface area contributed by atoms with Crippen molar-refractivity contribution in [1.29, 1.82) is 0 Å². The van der Waals surface area contributed by atoms with Crippen molar-refractivity contribution >= 4 is 5.91 Å². The molecule has 1 aliphatic heterocycles. The second-order valence-electron chi connectivity index (χ2n) is 3.18. The van der Waals surface area contributed by atoms with Gasteiger partial charge in [0.25, 0.3) is 5.91 Å². The summed E-state index contributed by atoms with van der Waals surface area (Å²) >= 11 is 0. The van der Waals surface area contributed by atoms with Gasteiger partial charge in [0.1, 0.15) is 5.69 Å². The molecule has 3 heteroatoms. The molecule has 76 valence electrons. The van der Waals surface area contributed by atoms with E-state index in [9.17, 15) is 4.79 Å². The van der Waals surface area contributed by atoms with E-state index in [4.69, 9.17) is 0 Å². The lowest BCUT2D eigenvalue weighted by molar-refractivity contribution is 0.0812. The van der Waals surface area contributed by atoms with Crippen molar-refractivity contribution in [2.24, 2.45) is 0 Å². The van der Waals surface area contributed by atoms with E-state index >= 15 is 0 Å². The molecule has 0 N–H and O–H groups in total. The van der Waals surface area contributed by atoms with E-state index in [1.165, 1.54) is 0 Å². The zero-order chi connectivity index (χ0) is 10.7. The van der Waals surface area contributed by atoms with E-state index in [1.54, 1.807) is 18.1 Å². The molecule has 0 saturated heterocycles. The molecule has 0 aliphatic carbocycles. The van der Waals surface area contributed by atoms with E-state index in [0.717, 1.165) is 11.1 Å². The maximum Gasteiger partial charge on any atom is 0.272 e. The van der Waals surface area contributed by atoms with Crippen molar-refractivity contribution < 1.29 is 4.79 Å². The number of amides is 1. The molecule has 1 aromatic rings. The molecule has 0 saturated carbocycles. The molecule has 2 rings (SSSR count). The van der Waals surface area contributed by atoms with Gasteiger partial charge in [-0.15, -0.1) is 0 Å². The van der Waals surface area contributed by atoms with Crippen LogP contribution >= 0.6 is 0 Å². The zero-order valence-corrected chi connectivity index (χ0v) is 9.16. The summed E-state index contributed by atoms with van der Waals surface area (Å²) in [6.07, 6.45) is 1.73. The first-order chi connectivity index (χ1) is 6.68. The van der Waals surface area contributed by atoms with Gasteiger partial charge in [0.15, 0.2) is 0 Å². The van der Waals surface area contributed by atoms with Crippen LogP contribution < -0.4 is 0 Å². The Morgan fingerprint density at radius 2 is 2.07 bits per heavy atom. The first kappa shape index (κ1) is 10.7. The van der Waals surface area contributed by atoms with Crippen molar-refractivity contribution in [3.05, 3.63) is 29.1 Å². The monoisotopic (exact) mass is 192 g/mol. The summed E-state index contributed by atoms with van der Waals surface area (Å²) < 4.78 is 0. The van der Waals surface area contributed by atoms with Crippen LogP contribution in [0.2, 0.25) is 0 Å². The Balaban J connectivity index is 0.000000461. The van der Waals surface area contributed by atoms with E-state index in [1.807, 2.05) is 26.8 Å².